The van der Waals surface area contributed by atoms with Gasteiger partial charge in [0.2, 0.25) is 11.8 Å². The van der Waals surface area contributed by atoms with E-state index in [4.69, 9.17) is 17.2 Å². The highest BCUT2D eigenvalue weighted by molar-refractivity contribution is 5.83. The van der Waals surface area contributed by atoms with E-state index >= 15 is 0 Å². The van der Waals surface area contributed by atoms with Gasteiger partial charge in [-0.25, -0.2) is 0 Å². The zero-order chi connectivity index (χ0) is 13.5. The molecule has 6 nitrogen and oxygen atoms in total. The van der Waals surface area contributed by atoms with Gasteiger partial charge in [-0.2, -0.15) is 0 Å². The number of likely N-dealkylation sites (N-methyl/N-ethyl adjacent to an activating group) is 1. The molecule has 0 aliphatic heterocycles. The second-order valence-corrected chi connectivity index (χ2v) is 4.62. The molecule has 0 aromatic carbocycles. The molecule has 0 aliphatic carbocycles. The first-order valence-electron chi connectivity index (χ1n) is 5.86. The number of unbranched alkanes of at least 4 members (excludes halogenated alkanes) is 2. The van der Waals surface area contributed by atoms with E-state index < -0.39 is 11.4 Å². The van der Waals surface area contributed by atoms with Gasteiger partial charge in [0.05, 0.1) is 11.6 Å². The third kappa shape index (κ3) is 6.23. The predicted octanol–water partition coefficient (Wildman–Crippen LogP) is -0.787. The van der Waals surface area contributed by atoms with Gasteiger partial charge in [-0.15, -0.1) is 0 Å². The van der Waals surface area contributed by atoms with E-state index in [1.54, 1.807) is 14.0 Å². The normalized spacial score (nSPS) is 16.2. The van der Waals surface area contributed by atoms with Gasteiger partial charge in [-0.05, 0) is 26.8 Å². The Morgan fingerprint density at radius 2 is 1.82 bits per heavy atom. The lowest BCUT2D eigenvalue weighted by Gasteiger charge is -2.20. The fourth-order valence-corrected chi connectivity index (χ4v) is 1.57. The maximum absolute atomic E-state index is 11.0. The van der Waals surface area contributed by atoms with Crippen LogP contribution < -0.4 is 22.5 Å². The molecule has 0 heterocycles. The maximum atomic E-state index is 11.0. The van der Waals surface area contributed by atoms with Crippen molar-refractivity contribution in [1.82, 2.24) is 5.32 Å². The van der Waals surface area contributed by atoms with Crippen molar-refractivity contribution in [2.24, 2.45) is 17.2 Å². The SMILES string of the molecule is CNC(CCCCCC(C)(N)C(N)=O)C(N)=O. The van der Waals surface area contributed by atoms with Gasteiger partial charge in [0.1, 0.15) is 0 Å². The summed E-state index contributed by atoms with van der Waals surface area (Å²) in [6.07, 6.45) is 3.83. The predicted molar refractivity (Wildman–Crippen MR) is 66.9 cm³/mol. The molecule has 100 valence electrons. The van der Waals surface area contributed by atoms with Gasteiger partial charge in [0.25, 0.3) is 0 Å². The standard InChI is InChI=1S/C11H24N4O2/c1-11(14,10(13)17)7-5-3-4-6-8(15-2)9(12)16/h8,15H,3-7,14H2,1-2H3,(H2,12,16)(H2,13,17). The second kappa shape index (κ2) is 7.24. The highest BCUT2D eigenvalue weighted by atomic mass is 16.2. The lowest BCUT2D eigenvalue weighted by Crippen LogP contribution is -2.49. The van der Waals surface area contributed by atoms with Gasteiger partial charge in [0, 0.05) is 0 Å². The van der Waals surface area contributed by atoms with E-state index in [9.17, 15) is 9.59 Å². The summed E-state index contributed by atoms with van der Waals surface area (Å²) in [5.41, 5.74) is 15.1. The topological polar surface area (TPSA) is 124 Å². The van der Waals surface area contributed by atoms with Crippen molar-refractivity contribution in [3.8, 4) is 0 Å². The number of nitrogens with two attached hydrogens (primary N) is 3. The summed E-state index contributed by atoms with van der Waals surface area (Å²) >= 11 is 0. The molecule has 17 heavy (non-hydrogen) atoms. The van der Waals surface area contributed by atoms with Crippen LogP contribution in [0.4, 0.5) is 0 Å². The Bertz CT molecular complexity index is 266. The minimum Gasteiger partial charge on any atom is -0.368 e. The van der Waals surface area contributed by atoms with Crippen molar-refractivity contribution < 1.29 is 9.59 Å². The Labute approximate surface area is 102 Å². The molecule has 0 aromatic heterocycles. The summed E-state index contributed by atoms with van der Waals surface area (Å²) in [6.45, 7) is 1.63. The Morgan fingerprint density at radius 1 is 1.24 bits per heavy atom. The molecule has 2 atom stereocenters. The number of amides is 2. The lowest BCUT2D eigenvalue weighted by molar-refractivity contribution is -0.122. The van der Waals surface area contributed by atoms with Crippen LogP contribution in [0.25, 0.3) is 0 Å². The minimum absolute atomic E-state index is 0.282. The lowest BCUT2D eigenvalue weighted by atomic mass is 9.94. The molecule has 0 fully saturated rings. The van der Waals surface area contributed by atoms with E-state index in [-0.39, 0.29) is 11.9 Å². The Balaban J connectivity index is 3.72. The Kier molecular flexibility index (Phi) is 6.75. The third-order valence-electron chi connectivity index (χ3n) is 2.94. The molecule has 0 saturated heterocycles. The molecule has 2 amide bonds. The van der Waals surface area contributed by atoms with E-state index in [0.29, 0.717) is 12.8 Å². The number of hydrogen-bond acceptors (Lipinski definition) is 4. The van der Waals surface area contributed by atoms with Gasteiger partial charge in [-0.3, -0.25) is 9.59 Å². The van der Waals surface area contributed by atoms with Crippen molar-refractivity contribution in [1.29, 1.82) is 0 Å². The molecular weight excluding hydrogens is 220 g/mol. The first-order valence-corrected chi connectivity index (χ1v) is 5.86. The number of carbonyl (C=O) groups excluding carboxylic acids is 2. The van der Waals surface area contributed by atoms with Crippen molar-refractivity contribution in [3.05, 3.63) is 0 Å². The molecule has 0 aliphatic rings. The summed E-state index contributed by atoms with van der Waals surface area (Å²) in [6, 6.07) is -0.282. The average molecular weight is 244 g/mol. The number of nitrogens with one attached hydrogen (secondary N) is 1. The van der Waals surface area contributed by atoms with Crippen molar-refractivity contribution in [2.45, 2.75) is 50.6 Å². The third-order valence-corrected chi connectivity index (χ3v) is 2.94. The van der Waals surface area contributed by atoms with E-state index in [1.165, 1.54) is 0 Å². The van der Waals surface area contributed by atoms with Crippen LogP contribution in [-0.4, -0.2) is 30.4 Å². The van der Waals surface area contributed by atoms with E-state index in [2.05, 4.69) is 5.32 Å². The van der Waals surface area contributed by atoms with Crippen molar-refractivity contribution in [3.63, 3.8) is 0 Å². The average Bonchev–Trinajstić information content (AvgIpc) is 2.22. The van der Waals surface area contributed by atoms with Crippen LogP contribution in [0.5, 0.6) is 0 Å². The Morgan fingerprint density at radius 3 is 2.24 bits per heavy atom. The summed E-state index contributed by atoms with van der Waals surface area (Å²) in [5.74, 6) is -0.823. The first kappa shape index (κ1) is 15.9. The monoisotopic (exact) mass is 244 g/mol. The van der Waals surface area contributed by atoms with Crippen LogP contribution >= 0.6 is 0 Å². The Hall–Kier alpha value is -1.14. The molecule has 7 N–H and O–H groups in total. The summed E-state index contributed by atoms with van der Waals surface area (Å²) in [7, 11) is 1.71. The molecule has 0 bridgehead atoms. The highest BCUT2D eigenvalue weighted by Crippen LogP contribution is 2.13. The molecular formula is C11H24N4O2. The largest absolute Gasteiger partial charge is 0.368 e. The summed E-state index contributed by atoms with van der Waals surface area (Å²) < 4.78 is 0. The van der Waals surface area contributed by atoms with E-state index in [1.807, 2.05) is 0 Å². The van der Waals surface area contributed by atoms with Gasteiger partial charge in [-0.1, -0.05) is 19.3 Å². The second-order valence-electron chi connectivity index (χ2n) is 4.62. The van der Waals surface area contributed by atoms with Gasteiger partial charge < -0.3 is 22.5 Å². The molecule has 0 aromatic rings. The highest BCUT2D eigenvalue weighted by Gasteiger charge is 2.24. The number of carbonyl (C=O) groups is 2. The molecule has 0 saturated carbocycles. The van der Waals surface area contributed by atoms with Crippen molar-refractivity contribution in [2.75, 3.05) is 7.05 Å². The summed E-state index contributed by atoms with van der Waals surface area (Å²) in [4.78, 5) is 21.9. The molecule has 6 heteroatoms. The van der Waals surface area contributed by atoms with Crippen LogP contribution in [-0.2, 0) is 9.59 Å². The zero-order valence-electron chi connectivity index (χ0n) is 10.7. The van der Waals surface area contributed by atoms with Crippen LogP contribution in [0, 0.1) is 0 Å². The van der Waals surface area contributed by atoms with Crippen LogP contribution in [0.3, 0.4) is 0 Å². The van der Waals surface area contributed by atoms with Crippen LogP contribution in [0.15, 0.2) is 0 Å². The van der Waals surface area contributed by atoms with Crippen LogP contribution in [0.1, 0.15) is 39.0 Å². The number of rotatable bonds is 9. The molecule has 0 radical (unpaired) electrons. The molecule has 0 rings (SSSR count). The fourth-order valence-electron chi connectivity index (χ4n) is 1.57. The fraction of sp³-hybridized carbons (Fsp3) is 0.818. The van der Waals surface area contributed by atoms with Gasteiger partial charge in [0.15, 0.2) is 0 Å². The first-order chi connectivity index (χ1) is 7.81. The number of hydrogen-bond donors (Lipinski definition) is 4. The van der Waals surface area contributed by atoms with Crippen LogP contribution in [0.2, 0.25) is 0 Å². The summed E-state index contributed by atoms with van der Waals surface area (Å²) in [5, 5.41) is 2.85. The quantitative estimate of drug-likeness (QED) is 0.397. The zero-order valence-corrected chi connectivity index (χ0v) is 10.7. The molecule has 0 spiro atoms. The maximum Gasteiger partial charge on any atom is 0.237 e. The molecule has 2 unspecified atom stereocenters. The van der Waals surface area contributed by atoms with Crippen molar-refractivity contribution >= 4 is 11.8 Å². The van der Waals surface area contributed by atoms with Gasteiger partial charge >= 0.3 is 0 Å². The smallest absolute Gasteiger partial charge is 0.237 e. The van der Waals surface area contributed by atoms with E-state index in [0.717, 1.165) is 19.3 Å². The number of primary amides is 2. The minimum atomic E-state index is -0.938.